The summed E-state index contributed by atoms with van der Waals surface area (Å²) in [5.41, 5.74) is 0.907. The molecule has 0 saturated heterocycles. The third kappa shape index (κ3) is 6.32. The zero-order valence-corrected chi connectivity index (χ0v) is 13.5. The molecular formula is C14H23ClN2OS. The first-order valence-electron chi connectivity index (χ1n) is 6.25. The Labute approximate surface area is 126 Å². The van der Waals surface area contributed by atoms with Gasteiger partial charge in [0.25, 0.3) is 0 Å². The molecule has 0 fully saturated rings. The normalized spacial score (nSPS) is 11.8. The SMILES string of the molecule is CNCC(C)C(=O)Nc1ccccc1SC(C)C.Cl. The second-order valence-corrected chi connectivity index (χ2v) is 6.23. The fraction of sp³-hybridized carbons (Fsp3) is 0.500. The summed E-state index contributed by atoms with van der Waals surface area (Å²) in [4.78, 5) is 13.1. The molecule has 0 aromatic heterocycles. The summed E-state index contributed by atoms with van der Waals surface area (Å²) in [6, 6.07) is 7.94. The van der Waals surface area contributed by atoms with Crippen molar-refractivity contribution < 1.29 is 4.79 Å². The van der Waals surface area contributed by atoms with Gasteiger partial charge in [-0.25, -0.2) is 0 Å². The molecule has 2 N–H and O–H groups in total. The van der Waals surface area contributed by atoms with Crippen LogP contribution in [0.1, 0.15) is 20.8 Å². The van der Waals surface area contributed by atoms with Crippen LogP contribution in [0.2, 0.25) is 0 Å². The number of thioether (sulfide) groups is 1. The van der Waals surface area contributed by atoms with Crippen molar-refractivity contribution in [1.29, 1.82) is 0 Å². The Morgan fingerprint density at radius 3 is 2.47 bits per heavy atom. The van der Waals surface area contributed by atoms with Crippen LogP contribution in [-0.2, 0) is 4.79 Å². The summed E-state index contributed by atoms with van der Waals surface area (Å²) in [6.07, 6.45) is 0. The lowest BCUT2D eigenvalue weighted by Gasteiger charge is -2.15. The maximum absolute atomic E-state index is 12.0. The van der Waals surface area contributed by atoms with Crippen molar-refractivity contribution in [2.24, 2.45) is 5.92 Å². The number of amides is 1. The van der Waals surface area contributed by atoms with E-state index in [2.05, 4.69) is 24.5 Å². The topological polar surface area (TPSA) is 41.1 Å². The van der Waals surface area contributed by atoms with Gasteiger partial charge in [-0.05, 0) is 19.2 Å². The molecule has 5 heteroatoms. The van der Waals surface area contributed by atoms with E-state index in [0.29, 0.717) is 11.8 Å². The first kappa shape index (κ1) is 18.3. The Bertz CT molecular complexity index is 399. The highest BCUT2D eigenvalue weighted by Gasteiger charge is 2.14. The van der Waals surface area contributed by atoms with E-state index in [1.807, 2.05) is 38.2 Å². The highest BCUT2D eigenvalue weighted by atomic mass is 35.5. The molecule has 0 heterocycles. The summed E-state index contributed by atoms with van der Waals surface area (Å²) < 4.78 is 0. The Morgan fingerprint density at radius 1 is 1.26 bits per heavy atom. The van der Waals surface area contributed by atoms with Crippen LogP contribution in [0.5, 0.6) is 0 Å². The minimum Gasteiger partial charge on any atom is -0.325 e. The van der Waals surface area contributed by atoms with Crippen molar-refractivity contribution >= 4 is 35.8 Å². The third-order valence-corrected chi connectivity index (χ3v) is 3.55. The highest BCUT2D eigenvalue weighted by Crippen LogP contribution is 2.30. The molecule has 0 radical (unpaired) electrons. The maximum atomic E-state index is 12.0. The van der Waals surface area contributed by atoms with E-state index in [4.69, 9.17) is 0 Å². The first-order valence-corrected chi connectivity index (χ1v) is 7.13. The van der Waals surface area contributed by atoms with Crippen molar-refractivity contribution in [3.8, 4) is 0 Å². The van der Waals surface area contributed by atoms with Crippen LogP contribution < -0.4 is 10.6 Å². The average molecular weight is 303 g/mol. The van der Waals surface area contributed by atoms with Gasteiger partial charge in [-0.3, -0.25) is 4.79 Å². The average Bonchev–Trinajstić information content (AvgIpc) is 2.31. The number of hydrogen-bond donors (Lipinski definition) is 2. The molecule has 19 heavy (non-hydrogen) atoms. The zero-order chi connectivity index (χ0) is 13.5. The Hall–Kier alpha value is -0.710. The Morgan fingerprint density at radius 2 is 1.89 bits per heavy atom. The predicted octanol–water partition coefficient (Wildman–Crippen LogP) is 3.40. The van der Waals surface area contributed by atoms with Crippen LogP contribution in [0.3, 0.4) is 0 Å². The highest BCUT2D eigenvalue weighted by molar-refractivity contribution is 8.00. The van der Waals surface area contributed by atoms with Gasteiger partial charge in [0.05, 0.1) is 5.69 Å². The lowest BCUT2D eigenvalue weighted by atomic mass is 10.1. The van der Waals surface area contributed by atoms with Crippen LogP contribution in [0.15, 0.2) is 29.2 Å². The summed E-state index contributed by atoms with van der Waals surface area (Å²) in [6.45, 7) is 6.90. The largest absolute Gasteiger partial charge is 0.325 e. The molecule has 108 valence electrons. The Kier molecular flexibility index (Phi) is 8.89. The number of carbonyl (C=O) groups is 1. The monoisotopic (exact) mass is 302 g/mol. The number of carbonyl (C=O) groups excluding carboxylic acids is 1. The van der Waals surface area contributed by atoms with Gasteiger partial charge in [0.15, 0.2) is 0 Å². The van der Waals surface area contributed by atoms with Crippen LogP contribution in [0.25, 0.3) is 0 Å². The molecule has 1 aromatic carbocycles. The van der Waals surface area contributed by atoms with E-state index in [-0.39, 0.29) is 24.2 Å². The minimum absolute atomic E-state index is 0. The van der Waals surface area contributed by atoms with Gasteiger partial charge in [0.1, 0.15) is 0 Å². The number of benzene rings is 1. The summed E-state index contributed by atoms with van der Waals surface area (Å²) in [7, 11) is 1.85. The second kappa shape index (κ2) is 9.23. The van der Waals surface area contributed by atoms with Gasteiger partial charge in [-0.15, -0.1) is 24.2 Å². The van der Waals surface area contributed by atoms with Gasteiger partial charge >= 0.3 is 0 Å². The summed E-state index contributed by atoms with van der Waals surface area (Å²) in [5.74, 6) is 0.0215. The standard InChI is InChI=1S/C14H22N2OS.ClH/c1-10(2)18-13-8-6-5-7-12(13)16-14(17)11(3)9-15-4;/h5-8,10-11,15H,9H2,1-4H3,(H,16,17);1H. The van der Waals surface area contributed by atoms with Crippen LogP contribution in [0.4, 0.5) is 5.69 Å². The number of anilines is 1. The van der Waals surface area contributed by atoms with E-state index in [0.717, 1.165) is 10.6 Å². The molecular weight excluding hydrogens is 280 g/mol. The van der Waals surface area contributed by atoms with Crippen molar-refractivity contribution in [2.75, 3.05) is 18.9 Å². The summed E-state index contributed by atoms with van der Waals surface area (Å²) >= 11 is 1.76. The molecule has 1 amide bonds. The fourth-order valence-electron chi connectivity index (χ4n) is 1.58. The molecule has 0 aliphatic carbocycles. The zero-order valence-electron chi connectivity index (χ0n) is 11.9. The van der Waals surface area contributed by atoms with Gasteiger partial charge < -0.3 is 10.6 Å². The second-order valence-electron chi connectivity index (χ2n) is 4.61. The molecule has 1 aromatic rings. The minimum atomic E-state index is -0.0351. The van der Waals surface area contributed by atoms with Crippen LogP contribution in [-0.4, -0.2) is 24.7 Å². The molecule has 0 saturated carbocycles. The number of nitrogens with one attached hydrogen (secondary N) is 2. The van der Waals surface area contributed by atoms with Crippen LogP contribution in [0, 0.1) is 5.92 Å². The Balaban J connectivity index is 0.00000324. The lowest BCUT2D eigenvalue weighted by molar-refractivity contribution is -0.119. The van der Waals surface area contributed by atoms with E-state index in [1.165, 1.54) is 0 Å². The number of para-hydroxylation sites is 1. The van der Waals surface area contributed by atoms with Crippen molar-refractivity contribution in [2.45, 2.75) is 30.9 Å². The molecule has 0 aliphatic heterocycles. The molecule has 1 unspecified atom stereocenters. The van der Waals surface area contributed by atoms with E-state index < -0.39 is 0 Å². The van der Waals surface area contributed by atoms with Gasteiger partial charge in [0.2, 0.25) is 5.91 Å². The molecule has 0 aliphatic rings. The molecule has 1 rings (SSSR count). The number of rotatable bonds is 6. The first-order chi connectivity index (χ1) is 8.54. The van der Waals surface area contributed by atoms with Gasteiger partial charge in [0, 0.05) is 22.6 Å². The molecule has 0 spiro atoms. The molecule has 0 bridgehead atoms. The fourth-order valence-corrected chi connectivity index (χ4v) is 2.49. The van der Waals surface area contributed by atoms with E-state index in [9.17, 15) is 4.79 Å². The third-order valence-electron chi connectivity index (χ3n) is 2.47. The van der Waals surface area contributed by atoms with Crippen molar-refractivity contribution in [3.05, 3.63) is 24.3 Å². The number of hydrogen-bond acceptors (Lipinski definition) is 3. The van der Waals surface area contributed by atoms with E-state index in [1.54, 1.807) is 11.8 Å². The summed E-state index contributed by atoms with van der Waals surface area (Å²) in [5, 5.41) is 6.51. The predicted molar refractivity (Wildman–Crippen MR) is 86.4 cm³/mol. The van der Waals surface area contributed by atoms with Crippen molar-refractivity contribution in [1.82, 2.24) is 5.32 Å². The molecule has 3 nitrogen and oxygen atoms in total. The lowest BCUT2D eigenvalue weighted by Crippen LogP contribution is -2.28. The quantitative estimate of drug-likeness (QED) is 0.791. The maximum Gasteiger partial charge on any atom is 0.228 e. The van der Waals surface area contributed by atoms with E-state index >= 15 is 0 Å². The van der Waals surface area contributed by atoms with Gasteiger partial charge in [-0.1, -0.05) is 32.9 Å². The smallest absolute Gasteiger partial charge is 0.228 e. The van der Waals surface area contributed by atoms with Crippen molar-refractivity contribution in [3.63, 3.8) is 0 Å². The molecule has 1 atom stereocenters. The van der Waals surface area contributed by atoms with Crippen LogP contribution >= 0.6 is 24.2 Å². The number of halogens is 1. The van der Waals surface area contributed by atoms with Gasteiger partial charge in [-0.2, -0.15) is 0 Å².